The lowest BCUT2D eigenvalue weighted by Crippen LogP contribution is -2.28. The summed E-state index contributed by atoms with van der Waals surface area (Å²) in [7, 11) is 1.52. The third kappa shape index (κ3) is 5.82. The van der Waals surface area contributed by atoms with Crippen molar-refractivity contribution in [1.82, 2.24) is 14.9 Å². The van der Waals surface area contributed by atoms with Gasteiger partial charge in [-0.2, -0.15) is 0 Å². The van der Waals surface area contributed by atoms with Gasteiger partial charge in [-0.15, -0.1) is 0 Å². The first-order valence-electron chi connectivity index (χ1n) is 15.2. The van der Waals surface area contributed by atoms with Gasteiger partial charge < -0.3 is 19.5 Å². The summed E-state index contributed by atoms with van der Waals surface area (Å²) in [6, 6.07) is 5.46. The molecule has 0 bridgehead atoms. The lowest BCUT2D eigenvalue weighted by Gasteiger charge is -2.24. The summed E-state index contributed by atoms with van der Waals surface area (Å²) < 4.78 is 40.2. The molecule has 4 aliphatic rings. The molecule has 1 aromatic carbocycles. The number of benzene rings is 1. The molecule has 0 spiro atoms. The summed E-state index contributed by atoms with van der Waals surface area (Å²) in [5, 5.41) is 11.2. The summed E-state index contributed by atoms with van der Waals surface area (Å²) >= 11 is 6.47. The lowest BCUT2D eigenvalue weighted by molar-refractivity contribution is 0.292. The lowest BCUT2D eigenvalue weighted by atomic mass is 9.98. The minimum absolute atomic E-state index is 0.0335. The van der Waals surface area contributed by atoms with Crippen LogP contribution in [0.2, 0.25) is 5.02 Å². The van der Waals surface area contributed by atoms with E-state index in [1.54, 1.807) is 0 Å². The number of ether oxygens (including phenoxy) is 2. The van der Waals surface area contributed by atoms with E-state index >= 15 is 4.39 Å². The van der Waals surface area contributed by atoms with Crippen molar-refractivity contribution in [2.75, 3.05) is 44.8 Å². The third-order valence-electron chi connectivity index (χ3n) is 8.81. The number of unbranched alkanes of at least 4 members (excludes halogenated alkanes) is 2. The van der Waals surface area contributed by atoms with Crippen molar-refractivity contribution >= 4 is 28.2 Å². The van der Waals surface area contributed by atoms with E-state index in [0.29, 0.717) is 53.5 Å². The number of halogens is 3. The van der Waals surface area contributed by atoms with Crippen molar-refractivity contribution in [3.8, 4) is 28.8 Å². The largest absolute Gasteiger partial charge is 0.508 e. The molecule has 7 nitrogen and oxygen atoms in total. The normalized spacial score (nSPS) is 21.5. The highest BCUT2D eigenvalue weighted by molar-refractivity contribution is 6.32. The molecule has 3 aliphatic heterocycles. The third-order valence-corrected chi connectivity index (χ3v) is 9.13. The molecule has 7 rings (SSSR count). The molecule has 0 amide bonds. The average Bonchev–Trinajstić information content (AvgIpc) is 3.65. The summed E-state index contributed by atoms with van der Waals surface area (Å²) in [5.74, 6) is 0.294. The van der Waals surface area contributed by atoms with Crippen LogP contribution in [0.1, 0.15) is 69.8 Å². The minimum atomic E-state index is -0.573. The zero-order valence-electron chi connectivity index (χ0n) is 24.3. The van der Waals surface area contributed by atoms with Crippen molar-refractivity contribution in [3.05, 3.63) is 34.6 Å². The van der Waals surface area contributed by atoms with Crippen LogP contribution >= 0.6 is 11.6 Å². The highest BCUT2D eigenvalue weighted by atomic mass is 35.5. The predicted molar refractivity (Wildman–Crippen MR) is 161 cm³/mol. The Morgan fingerprint density at radius 3 is 2.71 bits per heavy atom. The van der Waals surface area contributed by atoms with Crippen LogP contribution in [-0.4, -0.2) is 72.1 Å². The van der Waals surface area contributed by atoms with Gasteiger partial charge in [0.1, 0.15) is 29.7 Å². The molecule has 1 saturated carbocycles. The van der Waals surface area contributed by atoms with Gasteiger partial charge in [-0.1, -0.05) is 31.4 Å². The Hall–Kier alpha value is -2.91. The van der Waals surface area contributed by atoms with Crippen molar-refractivity contribution < 1.29 is 23.4 Å². The standard InChI is InChI=1S/C25H27ClFN3O3.C7H12FN/c1-3-4-5-8-30-9-10-33-25-21-18(30)13-19(32-2)28-24(21)22(27)23(29-25)16-11-15(31)12-17(26)20(16)14-6-7-14;8-6-4-7-2-1-3-9(7)5-6/h11-14,31H,3-10H2,1-2H3;6-7H,1-5H2. The Kier molecular flexibility index (Phi) is 8.59. The molecule has 1 aliphatic carbocycles. The SMILES string of the molecule is CCCCCN1CCOc2nc(-c3cc(O)cc(Cl)c3C3CC3)c(F)c3nc(OC)cc1c23.FC1CC2CCCN2C1. The molecule has 10 heteroatoms. The molecule has 2 unspecified atom stereocenters. The molecular weight excluding hydrogens is 562 g/mol. The van der Waals surface area contributed by atoms with Crippen LogP contribution in [-0.2, 0) is 0 Å². The smallest absolute Gasteiger partial charge is 0.225 e. The Bertz CT molecular complexity index is 1440. The van der Waals surface area contributed by atoms with Gasteiger partial charge >= 0.3 is 0 Å². The summed E-state index contributed by atoms with van der Waals surface area (Å²) in [6.07, 6.45) is 8.01. The van der Waals surface area contributed by atoms with Crippen LogP contribution in [0, 0.1) is 5.82 Å². The van der Waals surface area contributed by atoms with E-state index in [1.165, 1.54) is 32.1 Å². The number of fused-ring (bicyclic) bond motifs is 1. The second-order valence-corrected chi connectivity index (χ2v) is 12.2. The van der Waals surface area contributed by atoms with Gasteiger partial charge in [0.15, 0.2) is 5.82 Å². The Labute approximate surface area is 250 Å². The molecule has 0 radical (unpaired) electrons. The summed E-state index contributed by atoms with van der Waals surface area (Å²) in [4.78, 5) is 13.6. The minimum Gasteiger partial charge on any atom is -0.508 e. The van der Waals surface area contributed by atoms with Gasteiger partial charge in [0, 0.05) is 35.8 Å². The van der Waals surface area contributed by atoms with Gasteiger partial charge in [0.05, 0.1) is 24.7 Å². The van der Waals surface area contributed by atoms with Gasteiger partial charge in [0.2, 0.25) is 11.8 Å². The van der Waals surface area contributed by atoms with Crippen LogP contribution < -0.4 is 14.4 Å². The van der Waals surface area contributed by atoms with Crippen LogP contribution in [0.4, 0.5) is 14.5 Å². The van der Waals surface area contributed by atoms with E-state index in [0.717, 1.165) is 62.9 Å². The summed E-state index contributed by atoms with van der Waals surface area (Å²) in [6.45, 7) is 5.93. The molecule has 3 aromatic rings. The fourth-order valence-corrected chi connectivity index (χ4v) is 6.97. The molecule has 42 heavy (non-hydrogen) atoms. The molecule has 226 valence electrons. The zero-order valence-corrected chi connectivity index (χ0v) is 25.1. The average molecular weight is 601 g/mol. The molecule has 3 fully saturated rings. The molecule has 2 atom stereocenters. The number of alkyl halides is 1. The second-order valence-electron chi connectivity index (χ2n) is 11.8. The monoisotopic (exact) mass is 600 g/mol. The summed E-state index contributed by atoms with van der Waals surface area (Å²) in [5.41, 5.74) is 2.34. The number of anilines is 1. The van der Waals surface area contributed by atoms with Gasteiger partial charge in [0.25, 0.3) is 0 Å². The molecular formula is C32H39ClF2N4O3. The number of nitrogens with zero attached hydrogens (tertiary/aromatic N) is 4. The number of hydrogen-bond donors (Lipinski definition) is 1. The maximum atomic E-state index is 16.1. The van der Waals surface area contributed by atoms with E-state index < -0.39 is 12.0 Å². The number of hydrogen-bond acceptors (Lipinski definition) is 7. The van der Waals surface area contributed by atoms with E-state index in [4.69, 9.17) is 21.1 Å². The molecule has 1 N–H and O–H groups in total. The van der Waals surface area contributed by atoms with Crippen LogP contribution in [0.5, 0.6) is 17.5 Å². The first kappa shape index (κ1) is 29.2. The van der Waals surface area contributed by atoms with E-state index in [-0.39, 0.29) is 22.9 Å². The Morgan fingerprint density at radius 1 is 1.14 bits per heavy atom. The first-order valence-corrected chi connectivity index (χ1v) is 15.6. The number of methoxy groups -OCH3 is 1. The van der Waals surface area contributed by atoms with Crippen molar-refractivity contribution in [1.29, 1.82) is 0 Å². The number of aromatic nitrogens is 2. The number of pyridine rings is 2. The Balaban J connectivity index is 0.000000296. The van der Waals surface area contributed by atoms with Crippen molar-refractivity contribution in [2.45, 2.75) is 76.4 Å². The second kappa shape index (κ2) is 12.4. The van der Waals surface area contributed by atoms with E-state index in [2.05, 4.69) is 26.7 Å². The van der Waals surface area contributed by atoms with Crippen LogP contribution in [0.3, 0.4) is 0 Å². The van der Waals surface area contributed by atoms with Gasteiger partial charge in [-0.25, -0.2) is 18.7 Å². The quantitative estimate of drug-likeness (QED) is 0.286. The zero-order chi connectivity index (χ0) is 29.4. The maximum Gasteiger partial charge on any atom is 0.225 e. The Morgan fingerprint density at radius 2 is 1.98 bits per heavy atom. The van der Waals surface area contributed by atoms with Crippen molar-refractivity contribution in [2.24, 2.45) is 0 Å². The van der Waals surface area contributed by atoms with Gasteiger partial charge in [-0.3, -0.25) is 4.90 Å². The number of aromatic hydroxyl groups is 1. The van der Waals surface area contributed by atoms with Crippen LogP contribution in [0.15, 0.2) is 18.2 Å². The highest BCUT2D eigenvalue weighted by Gasteiger charge is 2.35. The molecule has 5 heterocycles. The van der Waals surface area contributed by atoms with Crippen LogP contribution in [0.25, 0.3) is 22.2 Å². The predicted octanol–water partition coefficient (Wildman–Crippen LogP) is 7.26. The van der Waals surface area contributed by atoms with Gasteiger partial charge in [-0.05, 0) is 68.7 Å². The van der Waals surface area contributed by atoms with E-state index in [9.17, 15) is 9.50 Å². The fourth-order valence-electron chi connectivity index (χ4n) is 6.60. The van der Waals surface area contributed by atoms with E-state index in [1.807, 2.05) is 6.07 Å². The molecule has 2 saturated heterocycles. The number of phenols is 1. The highest BCUT2D eigenvalue weighted by Crippen LogP contribution is 2.50. The first-order chi connectivity index (χ1) is 20.4. The number of rotatable bonds is 7. The molecule has 2 aromatic heterocycles. The maximum absolute atomic E-state index is 16.1. The fraction of sp³-hybridized carbons (Fsp3) is 0.562. The number of phenolic OH excluding ortho intramolecular Hbond substituents is 1. The van der Waals surface area contributed by atoms with Crippen molar-refractivity contribution in [3.63, 3.8) is 0 Å². The topological polar surface area (TPSA) is 71.0 Å².